The van der Waals surface area contributed by atoms with Crippen LogP contribution in [0.1, 0.15) is 142 Å². The molecule has 5 N–H and O–H groups in total. The number of ketones is 1. The maximum atomic E-state index is 12.7. The van der Waals surface area contributed by atoms with E-state index in [0.29, 0.717) is 32.1 Å². The number of rotatable bonds is 37. The monoisotopic (exact) mass is 878 g/mol. The Balaban J connectivity index is 2.57. The fraction of sp³-hybridized carbons (Fsp3) is 0.738. The summed E-state index contributed by atoms with van der Waals surface area (Å²) < 4.78 is 47.7. The number of hydrogen-bond donors (Lipinski definition) is 5. The van der Waals surface area contributed by atoms with Crippen molar-refractivity contribution in [2.24, 2.45) is 11.8 Å². The number of unbranched alkanes of at least 4 members (excludes halogenated alkanes) is 12. The molecule has 0 fully saturated rings. The molecular weight excluding hydrogens is 806 g/mol. The van der Waals surface area contributed by atoms with Crippen molar-refractivity contribution in [2.45, 2.75) is 161 Å². The van der Waals surface area contributed by atoms with E-state index in [1.54, 1.807) is 18.2 Å². The molecule has 1 unspecified atom stereocenters. The lowest BCUT2D eigenvalue weighted by molar-refractivity contribution is -0.161. The molecule has 0 aliphatic heterocycles. The van der Waals surface area contributed by atoms with Crippen LogP contribution in [-0.2, 0) is 46.6 Å². The van der Waals surface area contributed by atoms with Gasteiger partial charge in [-0.1, -0.05) is 114 Å². The van der Waals surface area contributed by atoms with Crippen LogP contribution >= 0.6 is 15.6 Å². The smallest absolute Gasteiger partial charge is 0.462 e. The Morgan fingerprint density at radius 3 is 1.98 bits per heavy atom. The van der Waals surface area contributed by atoms with Crippen molar-refractivity contribution in [3.63, 3.8) is 0 Å². The van der Waals surface area contributed by atoms with Gasteiger partial charge < -0.3 is 34.4 Å². The summed E-state index contributed by atoms with van der Waals surface area (Å²) in [7, 11) is -9.75. The predicted molar refractivity (Wildman–Crippen MR) is 225 cm³/mol. The number of carbonyl (C=O) groups is 3. The van der Waals surface area contributed by atoms with E-state index in [0.717, 1.165) is 57.8 Å². The van der Waals surface area contributed by atoms with Gasteiger partial charge in [-0.15, -0.1) is 0 Å². The van der Waals surface area contributed by atoms with Gasteiger partial charge in [0.2, 0.25) is 0 Å². The van der Waals surface area contributed by atoms with E-state index in [1.165, 1.54) is 25.7 Å². The largest absolute Gasteiger partial charge is 0.472 e. The molecule has 17 heteroatoms. The minimum Gasteiger partial charge on any atom is -0.462 e. The number of allylic oxidation sites excluding steroid dienone is 7. The Morgan fingerprint density at radius 2 is 1.29 bits per heavy atom. The molecule has 0 saturated carbocycles. The standard InChI is InChI=1S/C42H72O15P2/c1-3-5-7-8-9-10-11-12-13-14-15-16-21-25-41(46)53-33-38(34-56-59(51,52)55-32-37(44)31-54-58(48,49)50)57-42(47)26-22-18-17-20-23-35-27-30-40(45)39(35)29-28-36(43)24-19-6-4-2/h10-11,17,20,27-30,35-39,43-44H,3-9,12-16,18-19,21-26,31-34H2,1-2H3,(H,51,52)(H2,48,49,50)/b11-10-,20-17-,29-28+/t35-,36-,37-,38+,39+/m0/s1. The molecule has 6 atom stereocenters. The van der Waals surface area contributed by atoms with Crippen LogP contribution in [0.4, 0.5) is 0 Å². The third-order valence-corrected chi connectivity index (χ3v) is 10.9. The summed E-state index contributed by atoms with van der Waals surface area (Å²) in [4.78, 5) is 65.2. The van der Waals surface area contributed by atoms with E-state index in [4.69, 9.17) is 23.8 Å². The second-order valence-electron chi connectivity index (χ2n) is 14.9. The summed E-state index contributed by atoms with van der Waals surface area (Å²) in [6.07, 6.45) is 28.9. The SMILES string of the molecule is CCCCCC/C=C\CCCCCCCC(=O)OC[C@H](COP(=O)(O)OC[C@@H](O)COP(=O)(O)O)OC(=O)CCC/C=C\C[C@H]1C=CC(=O)[C@@H]1/C=C/[C@@H](O)CCCCC. The summed E-state index contributed by atoms with van der Waals surface area (Å²) >= 11 is 0. The molecule has 0 amide bonds. The lowest BCUT2D eigenvalue weighted by Crippen LogP contribution is -2.29. The summed E-state index contributed by atoms with van der Waals surface area (Å²) in [6, 6.07) is 0. The molecule has 1 aliphatic rings. The molecule has 0 spiro atoms. The zero-order valence-corrected chi connectivity index (χ0v) is 37.0. The van der Waals surface area contributed by atoms with Crippen LogP contribution in [0.5, 0.6) is 0 Å². The molecule has 15 nitrogen and oxygen atoms in total. The van der Waals surface area contributed by atoms with Crippen LogP contribution in [0.15, 0.2) is 48.6 Å². The fourth-order valence-corrected chi connectivity index (χ4v) is 7.19. The van der Waals surface area contributed by atoms with Crippen LogP contribution in [0.25, 0.3) is 0 Å². The summed E-state index contributed by atoms with van der Waals surface area (Å²) in [5.41, 5.74) is 0. The Kier molecular flexibility index (Phi) is 30.9. The topological polar surface area (TPSA) is 233 Å². The van der Waals surface area contributed by atoms with Gasteiger partial charge in [-0.3, -0.25) is 28.0 Å². The summed E-state index contributed by atoms with van der Waals surface area (Å²) in [6.45, 7) is 1.39. The number of ether oxygens (including phenoxy) is 2. The number of aliphatic hydroxyl groups excluding tert-OH is 2. The molecule has 0 radical (unpaired) electrons. The Hall–Kier alpha value is -2.29. The van der Waals surface area contributed by atoms with E-state index in [1.807, 2.05) is 18.2 Å². The second kappa shape index (κ2) is 33.4. The van der Waals surface area contributed by atoms with Crippen molar-refractivity contribution >= 4 is 33.4 Å². The Bertz CT molecular complexity index is 1380. The first-order valence-electron chi connectivity index (χ1n) is 21.4. The third-order valence-electron chi connectivity index (χ3n) is 9.43. The molecule has 59 heavy (non-hydrogen) atoms. The Labute approximate surface area is 351 Å². The average molecular weight is 879 g/mol. The minimum absolute atomic E-state index is 0.000481. The van der Waals surface area contributed by atoms with Gasteiger partial charge in [-0.25, -0.2) is 9.13 Å². The van der Waals surface area contributed by atoms with E-state index < -0.39 is 72.3 Å². The van der Waals surface area contributed by atoms with Gasteiger partial charge in [0.05, 0.1) is 25.9 Å². The highest BCUT2D eigenvalue weighted by Gasteiger charge is 2.29. The number of hydrogen-bond acceptors (Lipinski definition) is 12. The number of aliphatic hydroxyl groups is 2. The lowest BCUT2D eigenvalue weighted by Gasteiger charge is -2.20. The summed E-state index contributed by atoms with van der Waals surface area (Å²) in [5.74, 6) is -1.56. The van der Waals surface area contributed by atoms with E-state index >= 15 is 0 Å². The quantitative estimate of drug-likeness (QED) is 0.0171. The van der Waals surface area contributed by atoms with Gasteiger partial charge in [0, 0.05) is 18.8 Å². The number of phosphoric acid groups is 2. The van der Waals surface area contributed by atoms with Crippen molar-refractivity contribution < 1.29 is 71.5 Å². The second-order valence-corrected chi connectivity index (χ2v) is 17.6. The van der Waals surface area contributed by atoms with Crippen LogP contribution in [0, 0.1) is 11.8 Å². The number of phosphoric ester groups is 2. The van der Waals surface area contributed by atoms with E-state index in [2.05, 4.69) is 35.0 Å². The molecule has 0 aromatic heterocycles. The van der Waals surface area contributed by atoms with Crippen LogP contribution in [-0.4, -0.2) is 87.4 Å². The molecule has 340 valence electrons. The normalized spacial score (nSPS) is 18.5. The van der Waals surface area contributed by atoms with Gasteiger partial charge in [0.25, 0.3) is 0 Å². The van der Waals surface area contributed by atoms with Crippen LogP contribution in [0.2, 0.25) is 0 Å². The maximum Gasteiger partial charge on any atom is 0.472 e. The molecule has 1 rings (SSSR count). The lowest BCUT2D eigenvalue weighted by atomic mass is 9.90. The zero-order valence-electron chi connectivity index (χ0n) is 35.2. The average Bonchev–Trinajstić information content (AvgIpc) is 3.54. The van der Waals surface area contributed by atoms with Gasteiger partial charge in [0.15, 0.2) is 11.9 Å². The first kappa shape index (κ1) is 54.7. The zero-order chi connectivity index (χ0) is 43.8. The molecule has 1 aliphatic carbocycles. The number of esters is 2. The van der Waals surface area contributed by atoms with E-state index in [-0.39, 0.29) is 30.5 Å². The maximum absolute atomic E-state index is 12.7. The molecule has 0 heterocycles. The predicted octanol–water partition coefficient (Wildman–Crippen LogP) is 8.29. The van der Waals surface area contributed by atoms with Gasteiger partial charge >= 0.3 is 27.6 Å². The molecule has 0 aromatic rings. The van der Waals surface area contributed by atoms with Gasteiger partial charge in [-0.05, 0) is 69.8 Å². The highest BCUT2D eigenvalue weighted by atomic mass is 31.2. The molecule has 0 aromatic carbocycles. The van der Waals surface area contributed by atoms with E-state index in [9.17, 15) is 38.6 Å². The molecular formula is C42H72O15P2. The van der Waals surface area contributed by atoms with Crippen LogP contribution < -0.4 is 0 Å². The highest BCUT2D eigenvalue weighted by molar-refractivity contribution is 7.47. The highest BCUT2D eigenvalue weighted by Crippen LogP contribution is 2.44. The van der Waals surface area contributed by atoms with Crippen molar-refractivity contribution in [3.8, 4) is 0 Å². The minimum atomic E-state index is -4.89. The van der Waals surface area contributed by atoms with Gasteiger partial charge in [-0.2, -0.15) is 0 Å². The first-order chi connectivity index (χ1) is 28.2. The number of carbonyl (C=O) groups excluding carboxylic acids is 3. The van der Waals surface area contributed by atoms with Crippen molar-refractivity contribution in [3.05, 3.63) is 48.6 Å². The van der Waals surface area contributed by atoms with Crippen LogP contribution in [0.3, 0.4) is 0 Å². The fourth-order valence-electron chi connectivity index (χ4n) is 6.04. The summed E-state index contributed by atoms with van der Waals surface area (Å²) in [5, 5.41) is 20.0. The Morgan fingerprint density at radius 1 is 0.712 bits per heavy atom. The first-order valence-corrected chi connectivity index (χ1v) is 24.4. The van der Waals surface area contributed by atoms with Crippen molar-refractivity contribution in [1.82, 2.24) is 0 Å². The molecule has 0 saturated heterocycles. The molecule has 0 bridgehead atoms. The van der Waals surface area contributed by atoms with Gasteiger partial charge in [0.1, 0.15) is 12.7 Å². The third kappa shape index (κ3) is 31.3. The van der Waals surface area contributed by atoms with Crippen molar-refractivity contribution in [2.75, 3.05) is 26.4 Å². The van der Waals surface area contributed by atoms with Crippen molar-refractivity contribution in [1.29, 1.82) is 0 Å².